The molecule has 1 aromatic rings. The van der Waals surface area contributed by atoms with Crippen LogP contribution < -0.4 is 0 Å². The van der Waals surface area contributed by atoms with Gasteiger partial charge >= 0.3 is 0 Å². The minimum absolute atomic E-state index is 0.0743. The fourth-order valence-electron chi connectivity index (χ4n) is 1.87. The number of hydrogen-bond donors (Lipinski definition) is 1. The first-order valence-electron chi connectivity index (χ1n) is 6.59. The maximum Gasteiger partial charge on any atom is 0.243 e. The molecule has 0 spiro atoms. The van der Waals surface area contributed by atoms with E-state index >= 15 is 0 Å². The Labute approximate surface area is 126 Å². The molecule has 1 aromatic carbocycles. The smallest absolute Gasteiger partial charge is 0.243 e. The molecular weight excluding hydrogens is 294 g/mol. The van der Waals surface area contributed by atoms with Crippen molar-refractivity contribution in [1.29, 1.82) is 0 Å². The summed E-state index contributed by atoms with van der Waals surface area (Å²) in [5, 5.41) is 9.84. The summed E-state index contributed by atoms with van der Waals surface area (Å²) in [7, 11) is -1.92. The zero-order chi connectivity index (χ0) is 15.3. The molecule has 2 unspecified atom stereocenters. The highest BCUT2D eigenvalue weighted by Crippen LogP contribution is 2.23. The van der Waals surface area contributed by atoms with E-state index in [0.717, 1.165) is 5.75 Å². The molecule has 1 N–H and O–H groups in total. The van der Waals surface area contributed by atoms with Crippen LogP contribution in [-0.2, 0) is 10.0 Å². The lowest BCUT2D eigenvalue weighted by molar-refractivity contribution is 0.173. The fraction of sp³-hybridized carbons (Fsp3) is 0.571. The number of thioether (sulfide) groups is 1. The molecule has 0 fully saturated rings. The van der Waals surface area contributed by atoms with Crippen LogP contribution in [0.2, 0.25) is 0 Å². The van der Waals surface area contributed by atoms with Crippen LogP contribution in [0.1, 0.15) is 31.9 Å². The lowest BCUT2D eigenvalue weighted by atomic mass is 10.1. The monoisotopic (exact) mass is 317 g/mol. The maximum atomic E-state index is 12.5. The zero-order valence-electron chi connectivity index (χ0n) is 12.4. The largest absolute Gasteiger partial charge is 0.388 e. The van der Waals surface area contributed by atoms with Crippen LogP contribution in [0.5, 0.6) is 0 Å². The van der Waals surface area contributed by atoms with Crippen molar-refractivity contribution in [3.8, 4) is 0 Å². The molecule has 0 saturated heterocycles. The Kier molecular flexibility index (Phi) is 6.51. The van der Waals surface area contributed by atoms with Crippen molar-refractivity contribution in [1.82, 2.24) is 4.31 Å². The average Bonchev–Trinajstić information content (AvgIpc) is 2.45. The van der Waals surface area contributed by atoms with Gasteiger partial charge in [-0.15, -0.1) is 0 Å². The van der Waals surface area contributed by atoms with Crippen molar-refractivity contribution < 1.29 is 13.5 Å². The van der Waals surface area contributed by atoms with Crippen LogP contribution in [0.3, 0.4) is 0 Å². The second kappa shape index (κ2) is 7.45. The second-order valence-electron chi connectivity index (χ2n) is 4.82. The summed E-state index contributed by atoms with van der Waals surface area (Å²) in [4.78, 5) is 0.234. The van der Waals surface area contributed by atoms with Crippen molar-refractivity contribution in [3.05, 3.63) is 29.8 Å². The Morgan fingerprint density at radius 1 is 1.40 bits per heavy atom. The van der Waals surface area contributed by atoms with Crippen molar-refractivity contribution in [2.75, 3.05) is 19.1 Å². The molecule has 0 aliphatic carbocycles. The van der Waals surface area contributed by atoms with Crippen LogP contribution in [0.4, 0.5) is 0 Å². The van der Waals surface area contributed by atoms with Crippen LogP contribution in [-0.4, -0.2) is 42.9 Å². The first-order valence-corrected chi connectivity index (χ1v) is 9.43. The third-order valence-electron chi connectivity index (χ3n) is 3.34. The summed E-state index contributed by atoms with van der Waals surface area (Å²) in [5.74, 6) is 0.743. The maximum absolute atomic E-state index is 12.5. The van der Waals surface area contributed by atoms with E-state index in [2.05, 4.69) is 0 Å². The molecular formula is C14H23NO3S2. The summed E-state index contributed by atoms with van der Waals surface area (Å²) in [6.07, 6.45) is 1.89. The van der Waals surface area contributed by atoms with Gasteiger partial charge in [-0.1, -0.05) is 19.1 Å². The summed E-state index contributed by atoms with van der Waals surface area (Å²) in [5.41, 5.74) is 0.638. The molecule has 2 atom stereocenters. The molecule has 0 bridgehead atoms. The van der Waals surface area contributed by atoms with Gasteiger partial charge in [-0.3, -0.25) is 0 Å². The van der Waals surface area contributed by atoms with Gasteiger partial charge in [0.05, 0.1) is 11.0 Å². The summed E-state index contributed by atoms with van der Waals surface area (Å²) < 4.78 is 26.5. The molecule has 0 saturated carbocycles. The molecule has 4 nitrogen and oxygen atoms in total. The third-order valence-corrected chi connectivity index (χ3v) is 6.12. The lowest BCUT2D eigenvalue weighted by Crippen LogP contribution is -2.36. The van der Waals surface area contributed by atoms with E-state index in [9.17, 15) is 13.5 Å². The molecule has 20 heavy (non-hydrogen) atoms. The van der Waals surface area contributed by atoms with Gasteiger partial charge < -0.3 is 5.11 Å². The minimum atomic E-state index is -3.52. The second-order valence-corrected chi connectivity index (χ2v) is 7.73. The summed E-state index contributed by atoms with van der Waals surface area (Å²) >= 11 is 1.61. The van der Waals surface area contributed by atoms with Crippen molar-refractivity contribution in [3.63, 3.8) is 0 Å². The predicted molar refractivity (Wildman–Crippen MR) is 84.5 cm³/mol. The van der Waals surface area contributed by atoms with E-state index < -0.39 is 16.1 Å². The number of rotatable bonds is 7. The van der Waals surface area contributed by atoms with Gasteiger partial charge in [-0.2, -0.15) is 16.1 Å². The van der Waals surface area contributed by atoms with E-state index in [4.69, 9.17) is 0 Å². The van der Waals surface area contributed by atoms with E-state index in [1.165, 1.54) is 4.31 Å². The highest BCUT2D eigenvalue weighted by Gasteiger charge is 2.25. The quantitative estimate of drug-likeness (QED) is 0.839. The third kappa shape index (κ3) is 3.97. The molecule has 1 rings (SSSR count). The zero-order valence-corrected chi connectivity index (χ0v) is 14.0. The molecule has 0 aromatic heterocycles. The number of nitrogens with zero attached hydrogens (tertiary/aromatic N) is 1. The van der Waals surface area contributed by atoms with Gasteiger partial charge in [-0.25, -0.2) is 8.42 Å². The molecule has 0 amide bonds. The Hall–Kier alpha value is -0.560. The summed E-state index contributed by atoms with van der Waals surface area (Å²) in [6.45, 7) is 3.75. The number of hydrogen-bond acceptors (Lipinski definition) is 4. The fourth-order valence-corrected chi connectivity index (χ4v) is 4.08. The molecule has 0 aliphatic heterocycles. The highest BCUT2D eigenvalue weighted by atomic mass is 32.2. The van der Waals surface area contributed by atoms with E-state index in [1.807, 2.05) is 20.1 Å². The Morgan fingerprint density at radius 3 is 2.60 bits per heavy atom. The van der Waals surface area contributed by atoms with Crippen molar-refractivity contribution in [2.45, 2.75) is 37.3 Å². The molecule has 0 heterocycles. The van der Waals surface area contributed by atoms with Gasteiger partial charge in [0, 0.05) is 18.8 Å². The van der Waals surface area contributed by atoms with Crippen LogP contribution in [0, 0.1) is 0 Å². The van der Waals surface area contributed by atoms with E-state index in [0.29, 0.717) is 12.0 Å². The topological polar surface area (TPSA) is 57.6 Å². The van der Waals surface area contributed by atoms with Crippen LogP contribution >= 0.6 is 11.8 Å². The molecule has 0 aliphatic rings. The lowest BCUT2D eigenvalue weighted by Gasteiger charge is -2.24. The molecule has 0 radical (unpaired) electrons. The first kappa shape index (κ1) is 17.5. The number of aliphatic hydroxyl groups is 1. The Bertz CT molecular complexity index is 531. The van der Waals surface area contributed by atoms with Gasteiger partial charge in [-0.05, 0) is 37.3 Å². The van der Waals surface area contributed by atoms with Gasteiger partial charge in [0.25, 0.3) is 0 Å². The van der Waals surface area contributed by atoms with Crippen LogP contribution in [0.15, 0.2) is 29.2 Å². The Balaban J connectivity index is 3.09. The van der Waals surface area contributed by atoms with E-state index in [1.54, 1.807) is 43.1 Å². The van der Waals surface area contributed by atoms with Gasteiger partial charge in [0.1, 0.15) is 0 Å². The normalized spacial score (nSPS) is 15.3. The molecule has 6 heteroatoms. The van der Waals surface area contributed by atoms with Crippen LogP contribution in [0.25, 0.3) is 0 Å². The number of sulfonamides is 1. The van der Waals surface area contributed by atoms with Gasteiger partial charge in [0.15, 0.2) is 0 Å². The predicted octanol–water partition coefficient (Wildman–Crippen LogP) is 2.50. The standard InChI is InChI=1S/C14H23NO3S2/c1-5-14(16)12-7-6-8-13(9-12)20(17,18)15(3)11(2)10-19-4/h6-9,11,14,16H,5,10H2,1-4H3. The average molecular weight is 317 g/mol. The molecule has 114 valence electrons. The van der Waals surface area contributed by atoms with Crippen molar-refractivity contribution >= 4 is 21.8 Å². The number of benzene rings is 1. The van der Waals surface area contributed by atoms with Gasteiger partial charge in [0.2, 0.25) is 10.0 Å². The minimum Gasteiger partial charge on any atom is -0.388 e. The highest BCUT2D eigenvalue weighted by molar-refractivity contribution is 7.98. The SMILES string of the molecule is CCC(O)c1cccc(S(=O)(=O)N(C)C(C)CSC)c1. The first-order chi connectivity index (χ1) is 9.34. The van der Waals surface area contributed by atoms with E-state index in [-0.39, 0.29) is 10.9 Å². The number of aliphatic hydroxyl groups excluding tert-OH is 1. The summed E-state index contributed by atoms with van der Waals surface area (Å²) in [6, 6.07) is 6.48. The Morgan fingerprint density at radius 2 is 2.05 bits per heavy atom. The van der Waals surface area contributed by atoms with Crippen molar-refractivity contribution in [2.24, 2.45) is 0 Å².